The Morgan fingerprint density at radius 2 is 1.61 bits per heavy atom. The van der Waals surface area contributed by atoms with Crippen molar-refractivity contribution in [3.63, 3.8) is 0 Å². The van der Waals surface area contributed by atoms with Crippen LogP contribution in [0.3, 0.4) is 0 Å². The van der Waals surface area contributed by atoms with Gasteiger partial charge in [-0.15, -0.1) is 0 Å². The van der Waals surface area contributed by atoms with Crippen LogP contribution >= 0.6 is 0 Å². The molecule has 1 heterocycles. The number of benzene rings is 1. The van der Waals surface area contributed by atoms with Crippen LogP contribution in [-0.2, 0) is 24.1 Å². The zero-order chi connectivity index (χ0) is 16.6. The van der Waals surface area contributed by atoms with Crippen LogP contribution in [0, 0.1) is 0 Å². The monoisotopic (exact) mass is 337 g/mol. The van der Waals surface area contributed by atoms with Crippen molar-refractivity contribution in [2.24, 2.45) is 14.1 Å². The minimum absolute atomic E-state index is 0.0118. The van der Waals surface area contributed by atoms with Gasteiger partial charge in [0.15, 0.2) is 0 Å². The summed E-state index contributed by atoms with van der Waals surface area (Å²) in [6, 6.07) is 4.85. The van der Waals surface area contributed by atoms with Gasteiger partial charge < -0.3 is 0 Å². The molecule has 1 aliphatic carbocycles. The van der Waals surface area contributed by atoms with E-state index < -0.39 is 10.0 Å². The summed E-state index contributed by atoms with van der Waals surface area (Å²) >= 11 is 0. The molecule has 0 unspecified atom stereocenters. The maximum atomic E-state index is 12.7. The molecule has 0 amide bonds. The number of nitrogens with zero attached hydrogens (tertiary/aromatic N) is 2. The molecule has 23 heavy (non-hydrogen) atoms. The lowest BCUT2D eigenvalue weighted by Crippen LogP contribution is -2.34. The van der Waals surface area contributed by atoms with E-state index >= 15 is 0 Å². The standard InChI is InChI=1S/C16H23N3O3S/c1-18-14-10-9-13(11-15(14)19(2)16(18)20)23(21,22)17-12-7-5-3-4-6-8-12/h9-12,17H,3-8H2,1-2H3. The molecule has 0 bridgehead atoms. The van der Waals surface area contributed by atoms with Crippen LogP contribution < -0.4 is 10.4 Å². The Morgan fingerprint density at radius 3 is 2.26 bits per heavy atom. The first kappa shape index (κ1) is 16.3. The van der Waals surface area contributed by atoms with Crippen molar-refractivity contribution in [2.45, 2.75) is 49.5 Å². The van der Waals surface area contributed by atoms with Gasteiger partial charge in [-0.3, -0.25) is 9.13 Å². The predicted molar refractivity (Wildman–Crippen MR) is 90.0 cm³/mol. The Bertz CT molecular complexity index is 872. The lowest BCUT2D eigenvalue weighted by molar-refractivity contribution is 0.510. The van der Waals surface area contributed by atoms with Gasteiger partial charge in [0, 0.05) is 20.1 Å². The van der Waals surface area contributed by atoms with Gasteiger partial charge in [-0.25, -0.2) is 17.9 Å². The van der Waals surface area contributed by atoms with Gasteiger partial charge in [-0.1, -0.05) is 25.7 Å². The molecule has 0 saturated heterocycles. The summed E-state index contributed by atoms with van der Waals surface area (Å²) in [7, 11) is -0.227. The fraction of sp³-hybridized carbons (Fsp3) is 0.562. The van der Waals surface area contributed by atoms with E-state index in [1.807, 2.05) is 0 Å². The highest BCUT2D eigenvalue weighted by Gasteiger charge is 2.22. The Kier molecular flexibility index (Phi) is 4.33. The van der Waals surface area contributed by atoms with E-state index in [1.165, 1.54) is 22.0 Å². The molecule has 7 heteroatoms. The molecule has 0 aliphatic heterocycles. The van der Waals surface area contributed by atoms with E-state index in [-0.39, 0.29) is 16.6 Å². The third kappa shape index (κ3) is 3.07. The fourth-order valence-electron chi connectivity index (χ4n) is 3.34. The highest BCUT2D eigenvalue weighted by Crippen LogP contribution is 2.21. The molecule has 1 saturated carbocycles. The molecule has 1 N–H and O–H groups in total. The molecule has 1 aromatic carbocycles. The summed E-state index contributed by atoms with van der Waals surface area (Å²) in [5, 5.41) is 0. The maximum absolute atomic E-state index is 12.7. The lowest BCUT2D eigenvalue weighted by Gasteiger charge is -2.16. The van der Waals surface area contributed by atoms with Crippen LogP contribution in [0.5, 0.6) is 0 Å². The number of hydrogen-bond acceptors (Lipinski definition) is 3. The van der Waals surface area contributed by atoms with Crippen LogP contribution in [0.15, 0.2) is 27.9 Å². The Balaban J connectivity index is 1.94. The molecular formula is C16H23N3O3S. The lowest BCUT2D eigenvalue weighted by atomic mass is 10.1. The van der Waals surface area contributed by atoms with Gasteiger partial charge in [-0.2, -0.15) is 0 Å². The van der Waals surface area contributed by atoms with Crippen LogP contribution in [0.4, 0.5) is 0 Å². The summed E-state index contributed by atoms with van der Waals surface area (Å²) in [4.78, 5) is 12.2. The molecule has 0 radical (unpaired) electrons. The normalized spacial score (nSPS) is 17.5. The highest BCUT2D eigenvalue weighted by molar-refractivity contribution is 7.89. The number of rotatable bonds is 3. The summed E-state index contributed by atoms with van der Waals surface area (Å²) in [5.41, 5.74) is 1.19. The number of hydrogen-bond donors (Lipinski definition) is 1. The molecule has 0 spiro atoms. The summed E-state index contributed by atoms with van der Waals surface area (Å²) in [5.74, 6) is 0. The average Bonchev–Trinajstić information content (AvgIpc) is 2.72. The quantitative estimate of drug-likeness (QED) is 0.869. The fourth-order valence-corrected chi connectivity index (χ4v) is 4.66. The topological polar surface area (TPSA) is 73.1 Å². The van der Waals surface area contributed by atoms with Crippen molar-refractivity contribution < 1.29 is 8.42 Å². The first-order valence-corrected chi connectivity index (χ1v) is 9.56. The SMILES string of the molecule is Cn1c(=O)n(C)c2cc(S(=O)(=O)NC3CCCCCC3)ccc21. The maximum Gasteiger partial charge on any atom is 0.328 e. The molecule has 1 fully saturated rings. The van der Waals surface area contributed by atoms with Crippen LogP contribution in [0.2, 0.25) is 0 Å². The van der Waals surface area contributed by atoms with E-state index in [2.05, 4.69) is 4.72 Å². The van der Waals surface area contributed by atoms with Crippen molar-refractivity contribution in [1.29, 1.82) is 0 Å². The molecular weight excluding hydrogens is 314 g/mol. The smallest absolute Gasteiger partial charge is 0.295 e. The second kappa shape index (κ2) is 6.13. The van der Waals surface area contributed by atoms with Gasteiger partial charge in [0.25, 0.3) is 0 Å². The van der Waals surface area contributed by atoms with E-state index in [4.69, 9.17) is 0 Å². The van der Waals surface area contributed by atoms with Crippen LogP contribution in [-0.4, -0.2) is 23.6 Å². The third-order valence-corrected chi connectivity index (χ3v) is 6.25. The molecule has 1 aromatic heterocycles. The molecule has 0 atom stereocenters. The molecule has 1 aliphatic rings. The largest absolute Gasteiger partial charge is 0.328 e. The second-order valence-corrected chi connectivity index (χ2v) is 8.07. The van der Waals surface area contributed by atoms with Crippen LogP contribution in [0.1, 0.15) is 38.5 Å². The second-order valence-electron chi connectivity index (χ2n) is 6.36. The molecule has 2 aromatic rings. The summed E-state index contributed by atoms with van der Waals surface area (Å²) < 4.78 is 31.1. The first-order chi connectivity index (χ1) is 10.9. The minimum atomic E-state index is -3.56. The zero-order valence-electron chi connectivity index (χ0n) is 13.6. The van der Waals surface area contributed by atoms with E-state index in [0.717, 1.165) is 31.2 Å². The average molecular weight is 337 g/mol. The Hall–Kier alpha value is -1.60. The first-order valence-electron chi connectivity index (χ1n) is 8.08. The highest BCUT2D eigenvalue weighted by atomic mass is 32.2. The minimum Gasteiger partial charge on any atom is -0.295 e. The number of aromatic nitrogens is 2. The van der Waals surface area contributed by atoms with Gasteiger partial charge in [0.1, 0.15) is 0 Å². The Morgan fingerprint density at radius 1 is 1.00 bits per heavy atom. The van der Waals surface area contributed by atoms with E-state index in [1.54, 1.807) is 32.3 Å². The van der Waals surface area contributed by atoms with Gasteiger partial charge >= 0.3 is 5.69 Å². The predicted octanol–water partition coefficient (Wildman–Crippen LogP) is 1.88. The number of sulfonamides is 1. The third-order valence-electron chi connectivity index (χ3n) is 4.73. The summed E-state index contributed by atoms with van der Waals surface area (Å²) in [6.07, 6.45) is 6.28. The van der Waals surface area contributed by atoms with Gasteiger partial charge in [0.2, 0.25) is 10.0 Å². The van der Waals surface area contributed by atoms with Gasteiger partial charge in [-0.05, 0) is 31.0 Å². The zero-order valence-corrected chi connectivity index (χ0v) is 14.4. The van der Waals surface area contributed by atoms with Crippen molar-refractivity contribution in [3.05, 3.63) is 28.7 Å². The van der Waals surface area contributed by atoms with Crippen molar-refractivity contribution >= 4 is 21.1 Å². The van der Waals surface area contributed by atoms with Crippen molar-refractivity contribution in [1.82, 2.24) is 13.9 Å². The van der Waals surface area contributed by atoms with E-state index in [0.29, 0.717) is 5.52 Å². The van der Waals surface area contributed by atoms with Gasteiger partial charge in [0.05, 0.1) is 15.9 Å². The van der Waals surface area contributed by atoms with Crippen molar-refractivity contribution in [3.8, 4) is 0 Å². The number of aryl methyl sites for hydroxylation is 2. The number of imidazole rings is 1. The van der Waals surface area contributed by atoms with Crippen molar-refractivity contribution in [2.75, 3.05) is 0 Å². The molecule has 126 valence electrons. The molecule has 3 rings (SSSR count). The Labute approximate surface area is 136 Å². The van der Waals surface area contributed by atoms with Crippen LogP contribution in [0.25, 0.3) is 11.0 Å². The molecule has 6 nitrogen and oxygen atoms in total. The number of nitrogens with one attached hydrogen (secondary N) is 1. The van der Waals surface area contributed by atoms with E-state index in [9.17, 15) is 13.2 Å². The number of fused-ring (bicyclic) bond motifs is 1. The summed E-state index contributed by atoms with van der Waals surface area (Å²) in [6.45, 7) is 0.